The molecular formula is C15H17NO4. The predicted molar refractivity (Wildman–Crippen MR) is 74.0 cm³/mol. The van der Waals surface area contributed by atoms with Crippen LogP contribution in [0.1, 0.15) is 11.3 Å². The Morgan fingerprint density at radius 3 is 2.40 bits per heavy atom. The molecule has 0 fully saturated rings. The quantitative estimate of drug-likeness (QED) is 0.875. The first-order valence-corrected chi connectivity index (χ1v) is 6.17. The maximum atomic E-state index is 8.98. The minimum Gasteiger partial charge on any atom is -0.493 e. The van der Waals surface area contributed by atoms with Crippen LogP contribution >= 0.6 is 0 Å². The van der Waals surface area contributed by atoms with Crippen LogP contribution in [0.4, 0.5) is 0 Å². The summed E-state index contributed by atoms with van der Waals surface area (Å²) in [6, 6.07) is 8.96. The van der Waals surface area contributed by atoms with Crippen molar-refractivity contribution in [1.29, 1.82) is 0 Å². The summed E-state index contributed by atoms with van der Waals surface area (Å²) in [6.07, 6.45) is 1.65. The fraction of sp³-hybridized carbons (Fsp3) is 0.267. The van der Waals surface area contributed by atoms with Gasteiger partial charge in [0.1, 0.15) is 18.1 Å². The minimum atomic E-state index is 0.0194. The Balaban J connectivity index is 2.10. The van der Waals surface area contributed by atoms with Gasteiger partial charge in [0.05, 0.1) is 20.8 Å². The molecule has 5 heteroatoms. The number of rotatable bonds is 6. The third kappa shape index (κ3) is 3.19. The highest BCUT2D eigenvalue weighted by Gasteiger charge is 2.11. The monoisotopic (exact) mass is 275 g/mol. The Morgan fingerprint density at radius 1 is 1.05 bits per heavy atom. The highest BCUT2D eigenvalue weighted by atomic mass is 16.5. The van der Waals surface area contributed by atoms with Crippen LogP contribution in [0, 0.1) is 0 Å². The molecule has 0 saturated heterocycles. The molecular weight excluding hydrogens is 258 g/mol. The molecule has 0 bridgehead atoms. The van der Waals surface area contributed by atoms with Crippen LogP contribution in [0.2, 0.25) is 0 Å². The average Bonchev–Trinajstić information content (AvgIpc) is 2.52. The summed E-state index contributed by atoms with van der Waals surface area (Å²) in [5.41, 5.74) is 1.51. The first kappa shape index (κ1) is 14.1. The molecule has 0 radical (unpaired) electrons. The van der Waals surface area contributed by atoms with Crippen LogP contribution in [-0.2, 0) is 13.2 Å². The smallest absolute Gasteiger partial charge is 0.185 e. The Bertz CT molecular complexity index is 554. The van der Waals surface area contributed by atoms with E-state index in [9.17, 15) is 0 Å². The lowest BCUT2D eigenvalue weighted by Crippen LogP contribution is -2.03. The highest BCUT2D eigenvalue weighted by Crippen LogP contribution is 2.29. The number of ether oxygens (including phenoxy) is 3. The van der Waals surface area contributed by atoms with Crippen molar-refractivity contribution in [3.63, 3.8) is 0 Å². The van der Waals surface area contributed by atoms with Gasteiger partial charge in [0, 0.05) is 12.3 Å². The summed E-state index contributed by atoms with van der Waals surface area (Å²) in [4.78, 5) is 4.24. The number of hydrogen-bond donors (Lipinski definition) is 1. The van der Waals surface area contributed by atoms with Crippen LogP contribution in [0.5, 0.6) is 17.2 Å². The van der Waals surface area contributed by atoms with Gasteiger partial charge < -0.3 is 19.3 Å². The van der Waals surface area contributed by atoms with Crippen LogP contribution in [0.25, 0.3) is 0 Å². The second-order valence-corrected chi connectivity index (χ2v) is 4.08. The molecule has 5 nitrogen and oxygen atoms in total. The predicted octanol–water partition coefficient (Wildman–Crippen LogP) is 2.17. The molecule has 0 aliphatic heterocycles. The van der Waals surface area contributed by atoms with E-state index >= 15 is 0 Å². The van der Waals surface area contributed by atoms with E-state index in [1.807, 2.05) is 12.1 Å². The molecule has 1 heterocycles. The molecule has 0 aliphatic carbocycles. The van der Waals surface area contributed by atoms with E-state index in [-0.39, 0.29) is 13.2 Å². The number of aliphatic hydroxyl groups excluding tert-OH is 1. The Labute approximate surface area is 117 Å². The average molecular weight is 275 g/mol. The van der Waals surface area contributed by atoms with Crippen molar-refractivity contribution in [3.8, 4) is 17.2 Å². The summed E-state index contributed by atoms with van der Waals surface area (Å²) in [5.74, 6) is 1.90. The fourth-order valence-electron chi connectivity index (χ4n) is 1.80. The van der Waals surface area contributed by atoms with Gasteiger partial charge in [0.25, 0.3) is 0 Å². The highest BCUT2D eigenvalue weighted by molar-refractivity contribution is 5.42. The molecule has 0 saturated carbocycles. The van der Waals surface area contributed by atoms with Crippen molar-refractivity contribution in [2.24, 2.45) is 0 Å². The normalized spacial score (nSPS) is 10.2. The third-order valence-electron chi connectivity index (χ3n) is 2.85. The van der Waals surface area contributed by atoms with E-state index in [1.54, 1.807) is 38.6 Å². The van der Waals surface area contributed by atoms with Gasteiger partial charge in [0.15, 0.2) is 11.5 Å². The van der Waals surface area contributed by atoms with Crippen molar-refractivity contribution < 1.29 is 19.3 Å². The van der Waals surface area contributed by atoms with Crippen LogP contribution < -0.4 is 14.2 Å². The van der Waals surface area contributed by atoms with Gasteiger partial charge in [-0.25, -0.2) is 0 Å². The van der Waals surface area contributed by atoms with Gasteiger partial charge in [0.2, 0.25) is 0 Å². The van der Waals surface area contributed by atoms with E-state index in [1.165, 1.54) is 0 Å². The topological polar surface area (TPSA) is 60.8 Å². The molecule has 20 heavy (non-hydrogen) atoms. The van der Waals surface area contributed by atoms with Crippen molar-refractivity contribution in [2.75, 3.05) is 14.2 Å². The minimum absolute atomic E-state index is 0.0194. The van der Waals surface area contributed by atoms with Crippen molar-refractivity contribution in [2.45, 2.75) is 13.2 Å². The van der Waals surface area contributed by atoms with Gasteiger partial charge in [-0.05, 0) is 17.7 Å². The summed E-state index contributed by atoms with van der Waals surface area (Å²) in [7, 11) is 3.15. The van der Waals surface area contributed by atoms with Crippen molar-refractivity contribution in [3.05, 3.63) is 47.8 Å². The molecule has 0 spiro atoms. The molecule has 2 rings (SSSR count). The van der Waals surface area contributed by atoms with Gasteiger partial charge >= 0.3 is 0 Å². The van der Waals surface area contributed by atoms with Crippen LogP contribution in [0.3, 0.4) is 0 Å². The zero-order chi connectivity index (χ0) is 14.4. The molecule has 0 unspecified atom stereocenters. The first-order valence-electron chi connectivity index (χ1n) is 6.17. The summed E-state index contributed by atoms with van der Waals surface area (Å²) in [6.45, 7) is 0.296. The molecule has 1 aromatic heterocycles. The molecule has 2 aromatic rings. The lowest BCUT2D eigenvalue weighted by atomic mass is 10.2. The number of methoxy groups -OCH3 is 2. The van der Waals surface area contributed by atoms with E-state index in [0.717, 1.165) is 5.56 Å². The van der Waals surface area contributed by atoms with Gasteiger partial charge in [-0.1, -0.05) is 12.1 Å². The number of pyridine rings is 1. The standard InChI is InChI=1S/C15H17NO4/c1-18-14-7-8-16-13(15(14)19-2)10-20-12-5-3-11(9-17)4-6-12/h3-8,17H,9-10H2,1-2H3. The number of hydrogen-bond acceptors (Lipinski definition) is 5. The molecule has 0 aliphatic rings. The number of nitrogens with zero attached hydrogens (tertiary/aromatic N) is 1. The molecule has 106 valence electrons. The molecule has 0 amide bonds. The second kappa shape index (κ2) is 6.77. The maximum absolute atomic E-state index is 8.98. The number of aromatic nitrogens is 1. The molecule has 0 atom stereocenters. The SMILES string of the molecule is COc1ccnc(COc2ccc(CO)cc2)c1OC. The van der Waals surface area contributed by atoms with Crippen LogP contribution in [0.15, 0.2) is 36.5 Å². The summed E-state index contributed by atoms with van der Waals surface area (Å²) in [5, 5.41) is 8.98. The van der Waals surface area contributed by atoms with E-state index in [4.69, 9.17) is 19.3 Å². The lowest BCUT2D eigenvalue weighted by molar-refractivity contribution is 0.278. The van der Waals surface area contributed by atoms with Crippen LogP contribution in [-0.4, -0.2) is 24.3 Å². The van der Waals surface area contributed by atoms with Gasteiger partial charge in [-0.3, -0.25) is 4.98 Å². The number of benzene rings is 1. The Hall–Kier alpha value is -2.27. The zero-order valence-corrected chi connectivity index (χ0v) is 11.5. The van der Waals surface area contributed by atoms with E-state index in [0.29, 0.717) is 22.9 Å². The van der Waals surface area contributed by atoms with Gasteiger partial charge in [-0.2, -0.15) is 0 Å². The summed E-state index contributed by atoms with van der Waals surface area (Å²) >= 11 is 0. The Kier molecular flexibility index (Phi) is 4.79. The van der Waals surface area contributed by atoms with Crippen molar-refractivity contribution >= 4 is 0 Å². The Morgan fingerprint density at radius 2 is 1.80 bits per heavy atom. The number of aliphatic hydroxyl groups is 1. The largest absolute Gasteiger partial charge is 0.493 e. The lowest BCUT2D eigenvalue weighted by Gasteiger charge is -2.12. The zero-order valence-electron chi connectivity index (χ0n) is 11.5. The fourth-order valence-corrected chi connectivity index (χ4v) is 1.80. The molecule has 1 N–H and O–H groups in total. The van der Waals surface area contributed by atoms with Gasteiger partial charge in [-0.15, -0.1) is 0 Å². The maximum Gasteiger partial charge on any atom is 0.185 e. The molecule has 1 aromatic carbocycles. The third-order valence-corrected chi connectivity index (χ3v) is 2.85. The second-order valence-electron chi connectivity index (χ2n) is 4.08. The summed E-state index contributed by atoms with van der Waals surface area (Å²) < 4.78 is 16.2. The first-order chi connectivity index (χ1) is 9.78. The van der Waals surface area contributed by atoms with Crippen molar-refractivity contribution in [1.82, 2.24) is 4.98 Å². The van der Waals surface area contributed by atoms with E-state index in [2.05, 4.69) is 4.98 Å². The van der Waals surface area contributed by atoms with E-state index < -0.39 is 0 Å².